The topological polar surface area (TPSA) is 87.1 Å². The van der Waals surface area contributed by atoms with Crippen LogP contribution in [0.25, 0.3) is 0 Å². The maximum atomic E-state index is 12.3. The van der Waals surface area contributed by atoms with Crippen molar-refractivity contribution in [1.82, 2.24) is 4.90 Å². The van der Waals surface area contributed by atoms with Gasteiger partial charge < -0.3 is 19.8 Å². The molecule has 1 fully saturated rings. The highest BCUT2D eigenvalue weighted by Gasteiger charge is 2.43. The van der Waals surface area contributed by atoms with Gasteiger partial charge in [0.2, 0.25) is 5.91 Å². The molecule has 0 aliphatic carbocycles. The van der Waals surface area contributed by atoms with E-state index < -0.39 is 17.4 Å². The summed E-state index contributed by atoms with van der Waals surface area (Å²) in [7, 11) is 1.44. The van der Waals surface area contributed by atoms with Gasteiger partial charge in [-0.1, -0.05) is 12.1 Å². The number of phenolic OH excluding ortho intramolecular Hbond substituents is 1. The Bertz CT molecular complexity index is 580. The molecule has 6 nitrogen and oxygen atoms in total. The van der Waals surface area contributed by atoms with Crippen molar-refractivity contribution in [1.29, 1.82) is 0 Å². The van der Waals surface area contributed by atoms with Crippen molar-refractivity contribution < 1.29 is 24.5 Å². The van der Waals surface area contributed by atoms with Crippen LogP contribution < -0.4 is 4.74 Å². The fraction of sp³-hybridized carbons (Fsp3) is 0.429. The zero-order valence-corrected chi connectivity index (χ0v) is 13.6. The van der Waals surface area contributed by atoms with Crippen molar-refractivity contribution in [3.63, 3.8) is 0 Å². The summed E-state index contributed by atoms with van der Waals surface area (Å²) in [6.45, 7) is 0. The molecule has 1 aliphatic heterocycles. The summed E-state index contributed by atoms with van der Waals surface area (Å²) in [6, 6.07) is 4.06. The van der Waals surface area contributed by atoms with Gasteiger partial charge in [0.05, 0.1) is 7.11 Å². The van der Waals surface area contributed by atoms with Crippen LogP contribution in [-0.4, -0.2) is 51.6 Å². The molecular weight excluding hydrogens is 326 g/mol. The number of thioether (sulfide) groups is 1. The number of hydrogen-bond donors (Lipinski definition) is 3. The Labute approximate surface area is 137 Å². The molecule has 1 aliphatic rings. The van der Waals surface area contributed by atoms with Gasteiger partial charge in [-0.2, -0.15) is 12.6 Å². The van der Waals surface area contributed by atoms with E-state index in [1.165, 1.54) is 23.8 Å². The Balaban J connectivity index is 2.40. The number of carboxylic acid groups (broad SMARTS) is 1. The van der Waals surface area contributed by atoms with Crippen LogP contribution in [0.15, 0.2) is 18.2 Å². The molecule has 0 spiro atoms. The number of nitrogens with zero attached hydrogens (tertiary/aromatic N) is 1. The van der Waals surface area contributed by atoms with Gasteiger partial charge in [-0.05, 0) is 11.8 Å². The molecule has 8 heteroatoms. The monoisotopic (exact) mass is 343 g/mol. The second-order valence-corrected chi connectivity index (χ2v) is 6.27. The molecule has 0 bridgehead atoms. The van der Waals surface area contributed by atoms with Crippen molar-refractivity contribution in [2.45, 2.75) is 17.8 Å². The number of para-hydroxylation sites is 1. The van der Waals surface area contributed by atoms with Crippen LogP contribution in [0.1, 0.15) is 17.4 Å². The molecule has 2 atom stereocenters. The van der Waals surface area contributed by atoms with E-state index in [9.17, 15) is 19.8 Å². The normalized spacial score (nSPS) is 20.9. The number of carbonyl (C=O) groups excluding carboxylic acids is 1. The van der Waals surface area contributed by atoms with E-state index in [1.54, 1.807) is 18.2 Å². The maximum absolute atomic E-state index is 12.3. The molecule has 1 aromatic rings. The van der Waals surface area contributed by atoms with Gasteiger partial charge in [-0.15, -0.1) is 11.8 Å². The summed E-state index contributed by atoms with van der Waals surface area (Å²) in [5, 5.41) is 19.0. The second-order valence-electron chi connectivity index (χ2n) is 4.71. The summed E-state index contributed by atoms with van der Waals surface area (Å²) >= 11 is 5.34. The van der Waals surface area contributed by atoms with Gasteiger partial charge in [0.25, 0.3) is 0 Å². The van der Waals surface area contributed by atoms with Gasteiger partial charge in [0, 0.05) is 17.7 Å². The number of ether oxygens (including phenoxy) is 1. The molecule has 120 valence electrons. The van der Waals surface area contributed by atoms with Crippen molar-refractivity contribution >= 4 is 36.3 Å². The van der Waals surface area contributed by atoms with E-state index in [0.717, 1.165) is 0 Å². The molecule has 1 amide bonds. The van der Waals surface area contributed by atoms with Gasteiger partial charge in [0.1, 0.15) is 11.4 Å². The number of benzene rings is 1. The molecule has 0 aromatic heterocycles. The van der Waals surface area contributed by atoms with Crippen molar-refractivity contribution in [2.24, 2.45) is 0 Å². The summed E-state index contributed by atoms with van der Waals surface area (Å²) < 4.78 is 5.07. The zero-order valence-electron chi connectivity index (χ0n) is 11.9. The first-order valence-electron chi connectivity index (χ1n) is 6.63. The van der Waals surface area contributed by atoms with E-state index in [1.807, 2.05) is 0 Å². The van der Waals surface area contributed by atoms with E-state index in [0.29, 0.717) is 17.1 Å². The fourth-order valence-corrected chi connectivity index (χ4v) is 4.02. The molecule has 2 N–H and O–H groups in total. The van der Waals surface area contributed by atoms with Crippen molar-refractivity contribution in [3.05, 3.63) is 23.8 Å². The molecule has 22 heavy (non-hydrogen) atoms. The van der Waals surface area contributed by atoms with Crippen LogP contribution in [0, 0.1) is 0 Å². The lowest BCUT2D eigenvalue weighted by Crippen LogP contribution is -2.43. The SMILES string of the molecule is COc1cccc(C2SC[C@@H](C(=O)O)N2C(=O)CCS)c1O. The van der Waals surface area contributed by atoms with Crippen molar-refractivity contribution in [3.8, 4) is 11.5 Å². The molecule has 0 saturated carbocycles. The minimum Gasteiger partial charge on any atom is -0.504 e. The highest BCUT2D eigenvalue weighted by atomic mass is 32.2. The highest BCUT2D eigenvalue weighted by molar-refractivity contribution is 7.99. The number of aliphatic carboxylic acids is 1. The average Bonchev–Trinajstić information content (AvgIpc) is 2.92. The minimum absolute atomic E-state index is 0.0720. The first-order valence-corrected chi connectivity index (χ1v) is 8.31. The maximum Gasteiger partial charge on any atom is 0.327 e. The Morgan fingerprint density at radius 3 is 2.82 bits per heavy atom. The van der Waals surface area contributed by atoms with E-state index in [4.69, 9.17) is 4.74 Å². The van der Waals surface area contributed by atoms with E-state index in [2.05, 4.69) is 12.6 Å². The summed E-state index contributed by atoms with van der Waals surface area (Å²) in [6.07, 6.45) is 0.148. The summed E-state index contributed by atoms with van der Waals surface area (Å²) in [5.74, 6) is -0.516. The first kappa shape index (κ1) is 16.8. The third-order valence-electron chi connectivity index (χ3n) is 3.42. The Hall–Kier alpha value is -1.54. The number of rotatable bonds is 5. The molecule has 1 unspecified atom stereocenters. The molecular formula is C14H17NO5S2. The largest absolute Gasteiger partial charge is 0.504 e. The standard InChI is InChI=1S/C14H17NO5S2/c1-20-10-4-2-3-8(12(10)17)13-15(11(16)5-6-21)9(7-22-13)14(18)19/h2-4,9,13,17,21H,5-7H2,1H3,(H,18,19)/t9-,13?/m0/s1. The van der Waals surface area contributed by atoms with Gasteiger partial charge in [-0.25, -0.2) is 4.79 Å². The molecule has 2 rings (SSSR count). The number of aromatic hydroxyl groups is 1. The third-order valence-corrected chi connectivity index (χ3v) is 4.94. The van der Waals surface area contributed by atoms with Crippen LogP contribution in [0.2, 0.25) is 0 Å². The number of phenols is 1. The fourth-order valence-electron chi connectivity index (χ4n) is 2.37. The number of amides is 1. The second kappa shape index (κ2) is 7.15. The van der Waals surface area contributed by atoms with Crippen LogP contribution >= 0.6 is 24.4 Å². The number of thiol groups is 1. The van der Waals surface area contributed by atoms with Gasteiger partial charge in [-0.3, -0.25) is 4.79 Å². The van der Waals surface area contributed by atoms with E-state index >= 15 is 0 Å². The predicted molar refractivity (Wildman–Crippen MR) is 86.6 cm³/mol. The van der Waals surface area contributed by atoms with Crippen LogP contribution in [-0.2, 0) is 9.59 Å². The van der Waals surface area contributed by atoms with Gasteiger partial charge in [0.15, 0.2) is 11.5 Å². The minimum atomic E-state index is -1.05. The predicted octanol–water partition coefficient (Wildman–Crippen LogP) is 1.75. The van der Waals surface area contributed by atoms with Crippen LogP contribution in [0.4, 0.5) is 0 Å². The molecule has 1 aromatic carbocycles. The highest BCUT2D eigenvalue weighted by Crippen LogP contribution is 2.46. The number of carbonyl (C=O) groups is 2. The number of carboxylic acids is 1. The van der Waals surface area contributed by atoms with Crippen LogP contribution in [0.3, 0.4) is 0 Å². The molecule has 1 heterocycles. The lowest BCUT2D eigenvalue weighted by Gasteiger charge is -2.28. The summed E-state index contributed by atoms with van der Waals surface area (Å²) in [4.78, 5) is 25.0. The molecule has 1 saturated heterocycles. The Morgan fingerprint density at radius 1 is 1.50 bits per heavy atom. The van der Waals surface area contributed by atoms with Gasteiger partial charge >= 0.3 is 5.97 Å². The van der Waals surface area contributed by atoms with Crippen LogP contribution in [0.5, 0.6) is 11.5 Å². The molecule has 0 radical (unpaired) electrons. The Morgan fingerprint density at radius 2 is 2.23 bits per heavy atom. The van der Waals surface area contributed by atoms with E-state index in [-0.39, 0.29) is 23.8 Å². The zero-order chi connectivity index (χ0) is 16.3. The smallest absolute Gasteiger partial charge is 0.327 e. The lowest BCUT2D eigenvalue weighted by atomic mass is 10.1. The third kappa shape index (κ3) is 3.12. The summed E-state index contributed by atoms with van der Waals surface area (Å²) in [5.41, 5.74) is 0.473. The number of hydrogen-bond acceptors (Lipinski definition) is 6. The first-order chi connectivity index (χ1) is 10.5. The quantitative estimate of drug-likeness (QED) is 0.706. The average molecular weight is 343 g/mol. The lowest BCUT2D eigenvalue weighted by molar-refractivity contribution is -0.149. The van der Waals surface area contributed by atoms with Crippen molar-refractivity contribution in [2.75, 3.05) is 18.6 Å². The Kier molecular flexibility index (Phi) is 5.47. The number of methoxy groups -OCH3 is 1.